The van der Waals surface area contributed by atoms with Gasteiger partial charge in [0.1, 0.15) is 18.7 Å². The Kier molecular flexibility index (Phi) is 6.39. The van der Waals surface area contributed by atoms with Crippen molar-refractivity contribution < 1.29 is 13.2 Å². The minimum Gasteiger partial charge on any atom is -0.488 e. The minimum atomic E-state index is -3.98. The van der Waals surface area contributed by atoms with Crippen LogP contribution in [0.5, 0.6) is 5.75 Å². The first-order valence-electron chi connectivity index (χ1n) is 9.79. The minimum absolute atomic E-state index is 0.0794. The molecular weight excluding hydrogens is 426 g/mol. The number of hydrogen-bond donors (Lipinski definition) is 2. The van der Waals surface area contributed by atoms with Gasteiger partial charge in [-0.3, -0.25) is 0 Å². The van der Waals surface area contributed by atoms with E-state index in [-0.39, 0.29) is 5.95 Å². The summed E-state index contributed by atoms with van der Waals surface area (Å²) in [4.78, 5) is 12.7. The van der Waals surface area contributed by atoms with Crippen molar-refractivity contribution in [2.75, 3.05) is 5.32 Å². The summed E-state index contributed by atoms with van der Waals surface area (Å²) in [5, 5.41) is 7.05. The fourth-order valence-corrected chi connectivity index (χ4v) is 3.91. The number of hydrogen-bond acceptors (Lipinski definition) is 7. The van der Waals surface area contributed by atoms with Crippen LogP contribution in [0.25, 0.3) is 11.4 Å². The number of nitrogens with one attached hydrogen (secondary N) is 1. The zero-order valence-electron chi connectivity index (χ0n) is 17.0. The smallest absolute Gasteiger partial charge is 0.234 e. The van der Waals surface area contributed by atoms with Gasteiger partial charge in [0.05, 0.1) is 5.56 Å². The average Bonchev–Trinajstić information content (AvgIpc) is 2.82. The fourth-order valence-electron chi connectivity index (χ4n) is 3.11. The van der Waals surface area contributed by atoms with Crippen molar-refractivity contribution in [3.05, 3.63) is 102 Å². The SMILES string of the molecule is NS(=O)(=O)C(Nc1ncnc(-c2ccccc2OCc2ccccc2)n1)c1ccccc1. The largest absolute Gasteiger partial charge is 0.488 e. The summed E-state index contributed by atoms with van der Waals surface area (Å²) in [5.74, 6) is 1.02. The van der Waals surface area contributed by atoms with E-state index in [4.69, 9.17) is 9.88 Å². The molecule has 0 aliphatic carbocycles. The molecule has 0 aliphatic heterocycles. The van der Waals surface area contributed by atoms with Gasteiger partial charge in [0.15, 0.2) is 11.2 Å². The van der Waals surface area contributed by atoms with Crippen molar-refractivity contribution in [2.24, 2.45) is 5.14 Å². The van der Waals surface area contributed by atoms with Crippen molar-refractivity contribution in [3.63, 3.8) is 0 Å². The molecule has 3 N–H and O–H groups in total. The van der Waals surface area contributed by atoms with Crippen molar-refractivity contribution in [3.8, 4) is 17.1 Å². The second kappa shape index (κ2) is 9.54. The van der Waals surface area contributed by atoms with Crippen molar-refractivity contribution >= 4 is 16.0 Å². The Morgan fingerprint density at radius 2 is 1.53 bits per heavy atom. The van der Waals surface area contributed by atoms with Crippen LogP contribution in [0, 0.1) is 0 Å². The van der Waals surface area contributed by atoms with Crippen LogP contribution in [0.3, 0.4) is 0 Å². The number of benzene rings is 3. The van der Waals surface area contributed by atoms with E-state index < -0.39 is 15.4 Å². The van der Waals surface area contributed by atoms with Gasteiger partial charge in [-0.15, -0.1) is 0 Å². The van der Waals surface area contributed by atoms with Crippen LogP contribution in [0.1, 0.15) is 16.5 Å². The summed E-state index contributed by atoms with van der Waals surface area (Å²) >= 11 is 0. The van der Waals surface area contributed by atoms with E-state index >= 15 is 0 Å². The summed E-state index contributed by atoms with van der Waals surface area (Å²) in [5.41, 5.74) is 2.16. The standard InChI is InChI=1S/C23H21N5O3S/c24-32(29,30)22(18-11-5-2-6-12-18)28-23-26-16-25-21(27-23)19-13-7-8-14-20(19)31-15-17-9-3-1-4-10-17/h1-14,16,22H,15H2,(H2,24,29,30)(H,25,26,27,28). The van der Waals surface area contributed by atoms with Crippen molar-refractivity contribution in [1.29, 1.82) is 0 Å². The van der Waals surface area contributed by atoms with Crippen LogP contribution in [0.2, 0.25) is 0 Å². The summed E-state index contributed by atoms with van der Waals surface area (Å²) < 4.78 is 30.4. The molecule has 4 rings (SSSR count). The van der Waals surface area contributed by atoms with E-state index in [0.29, 0.717) is 29.3 Å². The third kappa shape index (κ3) is 5.26. The Morgan fingerprint density at radius 3 is 2.25 bits per heavy atom. The van der Waals surface area contributed by atoms with Gasteiger partial charge in [-0.2, -0.15) is 4.98 Å². The molecule has 0 bridgehead atoms. The van der Waals surface area contributed by atoms with E-state index in [9.17, 15) is 8.42 Å². The monoisotopic (exact) mass is 447 g/mol. The van der Waals surface area contributed by atoms with Gasteiger partial charge in [-0.25, -0.2) is 23.5 Å². The number of para-hydroxylation sites is 1. The normalized spacial score (nSPS) is 12.2. The molecule has 0 fully saturated rings. The van der Waals surface area contributed by atoms with Gasteiger partial charge in [0, 0.05) is 0 Å². The van der Waals surface area contributed by atoms with Crippen LogP contribution < -0.4 is 15.2 Å². The van der Waals surface area contributed by atoms with Crippen LogP contribution in [-0.2, 0) is 16.6 Å². The Balaban J connectivity index is 1.61. The van der Waals surface area contributed by atoms with E-state index in [1.807, 2.05) is 54.6 Å². The Morgan fingerprint density at radius 1 is 0.875 bits per heavy atom. The lowest BCUT2D eigenvalue weighted by Crippen LogP contribution is -2.28. The summed E-state index contributed by atoms with van der Waals surface area (Å²) in [6, 6.07) is 25.7. The summed E-state index contributed by atoms with van der Waals surface area (Å²) in [7, 11) is -3.98. The third-order valence-corrected chi connectivity index (χ3v) is 5.68. The lowest BCUT2D eigenvalue weighted by Gasteiger charge is -2.17. The molecule has 0 spiro atoms. The van der Waals surface area contributed by atoms with Crippen LogP contribution >= 0.6 is 0 Å². The molecule has 32 heavy (non-hydrogen) atoms. The van der Waals surface area contributed by atoms with E-state index in [1.54, 1.807) is 30.3 Å². The van der Waals surface area contributed by atoms with Gasteiger partial charge in [0.25, 0.3) is 0 Å². The van der Waals surface area contributed by atoms with Gasteiger partial charge in [-0.05, 0) is 23.3 Å². The first-order chi connectivity index (χ1) is 15.5. The topological polar surface area (TPSA) is 120 Å². The first-order valence-corrected chi connectivity index (χ1v) is 11.4. The molecule has 0 amide bonds. The molecule has 0 saturated heterocycles. The average molecular weight is 448 g/mol. The van der Waals surface area contributed by atoms with E-state index in [0.717, 1.165) is 5.56 Å². The van der Waals surface area contributed by atoms with Crippen LogP contribution in [0.15, 0.2) is 91.3 Å². The summed E-state index contributed by atoms with van der Waals surface area (Å²) in [6.45, 7) is 0.384. The second-order valence-electron chi connectivity index (χ2n) is 6.93. The summed E-state index contributed by atoms with van der Waals surface area (Å²) in [6.07, 6.45) is 1.31. The highest BCUT2D eigenvalue weighted by atomic mass is 32.2. The number of nitrogens with two attached hydrogens (primary N) is 1. The lowest BCUT2D eigenvalue weighted by molar-refractivity contribution is 0.307. The molecule has 0 saturated carbocycles. The molecule has 1 atom stereocenters. The lowest BCUT2D eigenvalue weighted by atomic mass is 10.2. The Bertz CT molecular complexity index is 1290. The molecule has 9 heteroatoms. The first kappa shape index (κ1) is 21.4. The molecule has 1 heterocycles. The van der Waals surface area contributed by atoms with Crippen molar-refractivity contribution in [1.82, 2.24) is 15.0 Å². The van der Waals surface area contributed by atoms with Gasteiger partial charge in [-0.1, -0.05) is 72.8 Å². The predicted molar refractivity (Wildman–Crippen MR) is 122 cm³/mol. The van der Waals surface area contributed by atoms with Crippen LogP contribution in [0.4, 0.5) is 5.95 Å². The molecule has 1 aromatic heterocycles. The fraction of sp³-hybridized carbons (Fsp3) is 0.0870. The highest BCUT2D eigenvalue weighted by Gasteiger charge is 2.24. The number of primary sulfonamides is 1. The second-order valence-corrected chi connectivity index (χ2v) is 8.58. The maximum Gasteiger partial charge on any atom is 0.234 e. The molecule has 0 radical (unpaired) electrons. The van der Waals surface area contributed by atoms with E-state index in [2.05, 4.69) is 20.3 Å². The Labute approximate surface area is 186 Å². The molecule has 8 nitrogen and oxygen atoms in total. The highest BCUT2D eigenvalue weighted by Crippen LogP contribution is 2.29. The quantitative estimate of drug-likeness (QED) is 0.424. The van der Waals surface area contributed by atoms with Crippen molar-refractivity contribution in [2.45, 2.75) is 12.0 Å². The zero-order valence-corrected chi connectivity index (χ0v) is 17.8. The molecule has 0 aliphatic rings. The Hall–Kier alpha value is -3.82. The van der Waals surface area contributed by atoms with Gasteiger partial charge < -0.3 is 10.1 Å². The van der Waals surface area contributed by atoms with Gasteiger partial charge in [0.2, 0.25) is 16.0 Å². The van der Waals surface area contributed by atoms with Crippen LogP contribution in [-0.4, -0.2) is 23.4 Å². The number of aromatic nitrogens is 3. The molecule has 1 unspecified atom stereocenters. The number of sulfonamides is 1. The highest BCUT2D eigenvalue weighted by molar-refractivity contribution is 7.89. The maximum atomic E-state index is 12.2. The molecule has 4 aromatic rings. The number of rotatable bonds is 8. The predicted octanol–water partition coefficient (Wildman–Crippen LogP) is 3.52. The third-order valence-electron chi connectivity index (χ3n) is 4.63. The number of ether oxygens (including phenoxy) is 1. The molecule has 3 aromatic carbocycles. The van der Waals surface area contributed by atoms with E-state index in [1.165, 1.54) is 6.33 Å². The number of nitrogens with zero attached hydrogens (tertiary/aromatic N) is 3. The maximum absolute atomic E-state index is 12.2. The molecule has 162 valence electrons. The zero-order chi connectivity index (χ0) is 22.4. The molecular formula is C23H21N5O3S. The number of anilines is 1. The van der Waals surface area contributed by atoms with Gasteiger partial charge >= 0.3 is 0 Å².